The van der Waals surface area contributed by atoms with Crippen LogP contribution in [0.1, 0.15) is 26.4 Å². The Labute approximate surface area is 144 Å². The molecule has 4 aromatic rings. The predicted molar refractivity (Wildman–Crippen MR) is 96.1 cm³/mol. The smallest absolute Gasteiger partial charge is 0.340 e. The number of hydrogen-bond acceptors (Lipinski definition) is 3. The second-order valence-electron chi connectivity index (χ2n) is 5.75. The molecule has 2 heterocycles. The molecule has 4 rings (SSSR count). The molecule has 122 valence electrons. The molecular weight excluding hydrogens is 314 g/mol. The third-order valence-electron chi connectivity index (χ3n) is 4.35. The fraction of sp³-hybridized carbons (Fsp3) is 0.0476. The van der Waals surface area contributed by atoms with Gasteiger partial charge in [-0.05, 0) is 29.0 Å². The van der Waals surface area contributed by atoms with Crippen molar-refractivity contribution in [1.82, 2.24) is 4.40 Å². The fourth-order valence-electron chi connectivity index (χ4n) is 3.16. The van der Waals surface area contributed by atoms with Crippen LogP contribution in [0.5, 0.6) is 0 Å². The summed E-state index contributed by atoms with van der Waals surface area (Å²) < 4.78 is 6.58. The normalized spacial score (nSPS) is 10.9. The zero-order valence-corrected chi connectivity index (χ0v) is 13.6. The number of nitrogens with zero attached hydrogens (tertiary/aromatic N) is 1. The second kappa shape index (κ2) is 5.91. The maximum Gasteiger partial charge on any atom is 0.340 e. The van der Waals surface area contributed by atoms with Gasteiger partial charge in [0.2, 0.25) is 5.78 Å². The van der Waals surface area contributed by atoms with Gasteiger partial charge in [0.05, 0.1) is 23.9 Å². The largest absolute Gasteiger partial charge is 0.465 e. The monoisotopic (exact) mass is 329 g/mol. The number of carbonyl (C=O) groups excluding carboxylic acids is 2. The lowest BCUT2D eigenvalue weighted by atomic mass is 10.00. The number of methoxy groups -OCH3 is 1. The van der Waals surface area contributed by atoms with Gasteiger partial charge in [0.1, 0.15) is 0 Å². The number of hydrogen-bond donors (Lipinski definition) is 0. The van der Waals surface area contributed by atoms with Crippen molar-refractivity contribution >= 4 is 28.0 Å². The Morgan fingerprint density at radius 3 is 2.48 bits per heavy atom. The van der Waals surface area contributed by atoms with Crippen molar-refractivity contribution < 1.29 is 14.3 Å². The minimum absolute atomic E-state index is 0.131. The highest BCUT2D eigenvalue weighted by molar-refractivity contribution is 6.17. The number of benzene rings is 2. The summed E-state index contributed by atoms with van der Waals surface area (Å²) >= 11 is 0. The first-order chi connectivity index (χ1) is 12.2. The highest BCUT2D eigenvalue weighted by Gasteiger charge is 2.21. The van der Waals surface area contributed by atoms with Crippen LogP contribution in [0.3, 0.4) is 0 Å². The van der Waals surface area contributed by atoms with Crippen molar-refractivity contribution in [2.75, 3.05) is 7.11 Å². The highest BCUT2D eigenvalue weighted by Crippen LogP contribution is 2.24. The van der Waals surface area contributed by atoms with Crippen molar-refractivity contribution in [1.29, 1.82) is 0 Å². The van der Waals surface area contributed by atoms with E-state index in [0.717, 1.165) is 10.8 Å². The summed E-state index contributed by atoms with van der Waals surface area (Å²) in [5, 5.41) is 1.89. The summed E-state index contributed by atoms with van der Waals surface area (Å²) in [4.78, 5) is 25.3. The van der Waals surface area contributed by atoms with E-state index in [-0.39, 0.29) is 5.78 Å². The molecule has 0 bridgehead atoms. The van der Waals surface area contributed by atoms with Gasteiger partial charge in [0.15, 0.2) is 0 Å². The number of carbonyl (C=O) groups is 2. The van der Waals surface area contributed by atoms with Crippen molar-refractivity contribution in [2.24, 2.45) is 0 Å². The number of esters is 1. The number of rotatable bonds is 3. The first-order valence-corrected chi connectivity index (χ1v) is 7.91. The molecule has 0 atom stereocenters. The van der Waals surface area contributed by atoms with E-state index in [1.807, 2.05) is 54.6 Å². The molecule has 25 heavy (non-hydrogen) atoms. The maximum absolute atomic E-state index is 13.2. The predicted octanol–water partition coefficient (Wildman–Crippen LogP) is 4.11. The Kier molecular flexibility index (Phi) is 3.58. The van der Waals surface area contributed by atoms with Crippen LogP contribution in [0.15, 0.2) is 72.9 Å². The van der Waals surface area contributed by atoms with Gasteiger partial charge < -0.3 is 9.14 Å². The van der Waals surface area contributed by atoms with Crippen LogP contribution >= 0.6 is 0 Å². The summed E-state index contributed by atoms with van der Waals surface area (Å²) in [6, 6.07) is 20.5. The Balaban J connectivity index is 1.95. The molecule has 0 fully saturated rings. The van der Waals surface area contributed by atoms with E-state index < -0.39 is 5.97 Å². The van der Waals surface area contributed by atoms with E-state index >= 15 is 0 Å². The second-order valence-corrected chi connectivity index (χ2v) is 5.75. The average Bonchev–Trinajstić information content (AvgIpc) is 3.06. The number of ether oxygens (including phenoxy) is 1. The molecule has 4 nitrogen and oxygen atoms in total. The Morgan fingerprint density at radius 1 is 0.880 bits per heavy atom. The van der Waals surface area contributed by atoms with E-state index in [2.05, 4.69) is 0 Å². The summed E-state index contributed by atoms with van der Waals surface area (Å²) in [5.41, 5.74) is 2.08. The summed E-state index contributed by atoms with van der Waals surface area (Å²) in [7, 11) is 1.33. The molecule has 2 aromatic heterocycles. The molecule has 0 aliphatic heterocycles. The lowest BCUT2D eigenvalue weighted by Gasteiger charge is -2.06. The SMILES string of the molecule is COC(=O)c1cc(C(=O)c2cccc3ccccc23)n2ccccc12. The van der Waals surface area contributed by atoms with Gasteiger partial charge in [-0.1, -0.05) is 48.5 Å². The van der Waals surface area contributed by atoms with Gasteiger partial charge in [-0.3, -0.25) is 4.79 Å². The highest BCUT2D eigenvalue weighted by atomic mass is 16.5. The van der Waals surface area contributed by atoms with Gasteiger partial charge >= 0.3 is 5.97 Å². The molecule has 2 aromatic carbocycles. The molecular formula is C21H15NO3. The minimum atomic E-state index is -0.458. The van der Waals surface area contributed by atoms with Crippen LogP contribution in [0.2, 0.25) is 0 Å². The van der Waals surface area contributed by atoms with Crippen molar-refractivity contribution in [3.8, 4) is 0 Å². The minimum Gasteiger partial charge on any atom is -0.465 e. The number of pyridine rings is 1. The van der Waals surface area contributed by atoms with Gasteiger partial charge in [0.25, 0.3) is 0 Å². The maximum atomic E-state index is 13.2. The molecule has 0 spiro atoms. The van der Waals surface area contributed by atoms with Crippen LogP contribution in [-0.4, -0.2) is 23.3 Å². The fourth-order valence-corrected chi connectivity index (χ4v) is 3.16. The third kappa shape index (κ3) is 2.39. The Bertz CT molecular complexity index is 1120. The molecule has 0 saturated heterocycles. The summed E-state index contributed by atoms with van der Waals surface area (Å²) in [6.45, 7) is 0. The van der Waals surface area contributed by atoms with Gasteiger partial charge in [-0.15, -0.1) is 0 Å². The zero-order chi connectivity index (χ0) is 17.4. The quantitative estimate of drug-likeness (QED) is 0.420. The molecule has 0 amide bonds. The lowest BCUT2D eigenvalue weighted by molar-refractivity contribution is 0.0603. The van der Waals surface area contributed by atoms with E-state index in [1.165, 1.54) is 7.11 Å². The van der Waals surface area contributed by atoms with Gasteiger partial charge in [0, 0.05) is 11.8 Å². The van der Waals surface area contributed by atoms with E-state index in [9.17, 15) is 9.59 Å². The topological polar surface area (TPSA) is 47.8 Å². The standard InChI is InChI=1S/C21H15NO3/c1-25-21(24)17-13-19(22-12-5-4-11-18(17)22)20(23)16-10-6-8-14-7-2-3-9-15(14)16/h2-13H,1H3. The van der Waals surface area contributed by atoms with Crippen molar-refractivity contribution in [3.63, 3.8) is 0 Å². The van der Waals surface area contributed by atoms with Crippen LogP contribution in [-0.2, 0) is 4.74 Å². The number of fused-ring (bicyclic) bond motifs is 2. The molecule has 0 aliphatic carbocycles. The van der Waals surface area contributed by atoms with E-state index in [1.54, 1.807) is 22.7 Å². The molecule has 0 N–H and O–H groups in total. The number of aromatic nitrogens is 1. The zero-order valence-electron chi connectivity index (χ0n) is 13.6. The average molecular weight is 329 g/mol. The molecule has 4 heteroatoms. The lowest BCUT2D eigenvalue weighted by Crippen LogP contribution is -2.05. The number of ketones is 1. The van der Waals surface area contributed by atoms with Crippen molar-refractivity contribution in [2.45, 2.75) is 0 Å². The molecule has 0 saturated carbocycles. The molecule has 0 aliphatic rings. The Hall–Kier alpha value is -3.40. The molecule has 0 unspecified atom stereocenters. The van der Waals surface area contributed by atoms with Crippen LogP contribution in [0, 0.1) is 0 Å². The van der Waals surface area contributed by atoms with Gasteiger partial charge in [-0.2, -0.15) is 0 Å². The van der Waals surface area contributed by atoms with Crippen LogP contribution in [0.25, 0.3) is 16.3 Å². The van der Waals surface area contributed by atoms with Crippen LogP contribution in [0.4, 0.5) is 0 Å². The first-order valence-electron chi connectivity index (χ1n) is 7.91. The summed E-state index contributed by atoms with van der Waals surface area (Å²) in [6.07, 6.45) is 1.78. The third-order valence-corrected chi connectivity index (χ3v) is 4.35. The van der Waals surface area contributed by atoms with Gasteiger partial charge in [-0.25, -0.2) is 4.79 Å². The van der Waals surface area contributed by atoms with E-state index in [0.29, 0.717) is 22.3 Å². The first kappa shape index (κ1) is 15.1. The summed E-state index contributed by atoms with van der Waals surface area (Å²) in [5.74, 6) is -0.589. The van der Waals surface area contributed by atoms with Crippen LogP contribution < -0.4 is 0 Å². The molecule has 0 radical (unpaired) electrons. The Morgan fingerprint density at radius 2 is 1.64 bits per heavy atom. The van der Waals surface area contributed by atoms with E-state index in [4.69, 9.17) is 4.74 Å². The van der Waals surface area contributed by atoms with Crippen molar-refractivity contribution in [3.05, 3.63) is 89.7 Å².